The first-order valence-electron chi connectivity index (χ1n) is 5.20. The Kier molecular flexibility index (Phi) is 8.17. The highest BCUT2D eigenvalue weighted by Gasteiger charge is 2.08. The van der Waals surface area contributed by atoms with Crippen molar-refractivity contribution in [2.45, 2.75) is 26.5 Å². The largest absolute Gasteiger partial charge is 0.433 e. The fraction of sp³-hybridized carbons (Fsp3) is 0.857. The van der Waals surface area contributed by atoms with E-state index in [4.69, 9.17) is 15.8 Å². The van der Waals surface area contributed by atoms with Crippen LogP contribution in [0.2, 0.25) is 13.6 Å². The van der Waals surface area contributed by atoms with Crippen molar-refractivity contribution < 1.29 is 10.0 Å². The van der Waals surface area contributed by atoms with E-state index < -0.39 is 14.1 Å². The SMILES string of the molecule is CB(O)/N=C(/NCCCCN)NB(C)O. The summed E-state index contributed by atoms with van der Waals surface area (Å²) in [6, 6.07) is 0. The summed E-state index contributed by atoms with van der Waals surface area (Å²) >= 11 is 0. The fourth-order valence-corrected chi connectivity index (χ4v) is 0.995. The minimum Gasteiger partial charge on any atom is -0.433 e. The van der Waals surface area contributed by atoms with Crippen molar-refractivity contribution in [2.75, 3.05) is 13.1 Å². The van der Waals surface area contributed by atoms with Crippen molar-refractivity contribution in [3.8, 4) is 0 Å². The Labute approximate surface area is 91.6 Å². The molecule has 15 heavy (non-hydrogen) atoms. The minimum absolute atomic E-state index is 0.400. The van der Waals surface area contributed by atoms with Crippen LogP contribution >= 0.6 is 0 Å². The second-order valence-corrected chi connectivity index (χ2v) is 3.35. The van der Waals surface area contributed by atoms with E-state index >= 15 is 0 Å². The van der Waals surface area contributed by atoms with Crippen LogP contribution in [0.15, 0.2) is 4.90 Å². The zero-order valence-corrected chi connectivity index (χ0v) is 9.40. The van der Waals surface area contributed by atoms with Crippen molar-refractivity contribution in [3.05, 3.63) is 0 Å². The number of nitrogens with two attached hydrogens (primary N) is 1. The summed E-state index contributed by atoms with van der Waals surface area (Å²) in [4.78, 5) is 3.87. The Morgan fingerprint density at radius 1 is 1.33 bits per heavy atom. The average Bonchev–Trinajstić information content (AvgIpc) is 2.10. The van der Waals surface area contributed by atoms with Gasteiger partial charge in [0.25, 0.3) is 0 Å². The minimum atomic E-state index is -0.798. The van der Waals surface area contributed by atoms with Gasteiger partial charge in [0.1, 0.15) is 0 Å². The number of unbranched alkanes of at least 4 members (excludes halogenated alkanes) is 1. The number of nitrogens with zero attached hydrogens (tertiary/aromatic N) is 1. The summed E-state index contributed by atoms with van der Waals surface area (Å²) in [6.07, 6.45) is 1.86. The predicted octanol–water partition coefficient (Wildman–Crippen LogP) is -1.52. The van der Waals surface area contributed by atoms with Crippen LogP contribution in [-0.4, -0.2) is 43.2 Å². The molecule has 0 aliphatic heterocycles. The molecule has 0 rings (SSSR count). The maximum Gasteiger partial charge on any atom is 0.431 e. The van der Waals surface area contributed by atoms with E-state index in [1.807, 2.05) is 0 Å². The molecule has 0 fully saturated rings. The maximum atomic E-state index is 9.10. The molecule has 0 aromatic carbocycles. The Bertz CT molecular complexity index is 190. The van der Waals surface area contributed by atoms with E-state index in [1.54, 1.807) is 13.6 Å². The van der Waals surface area contributed by atoms with Gasteiger partial charge in [-0.05, 0) is 33.0 Å². The Balaban J connectivity index is 3.91. The van der Waals surface area contributed by atoms with Crippen LogP contribution in [0.5, 0.6) is 0 Å². The zero-order valence-electron chi connectivity index (χ0n) is 9.40. The third-order valence-electron chi connectivity index (χ3n) is 1.58. The second-order valence-electron chi connectivity index (χ2n) is 3.35. The summed E-state index contributed by atoms with van der Waals surface area (Å²) < 4.78 is 0. The fourth-order valence-electron chi connectivity index (χ4n) is 0.995. The summed E-state index contributed by atoms with van der Waals surface area (Å²) in [5, 5.41) is 23.8. The summed E-state index contributed by atoms with van der Waals surface area (Å²) in [5.74, 6) is 0.400. The molecule has 0 atom stereocenters. The predicted molar refractivity (Wildman–Crippen MR) is 64.5 cm³/mol. The number of hydrogen-bond acceptors (Lipinski definition) is 4. The van der Waals surface area contributed by atoms with Gasteiger partial charge in [-0.1, -0.05) is 0 Å². The monoisotopic (exact) mass is 214 g/mol. The summed E-state index contributed by atoms with van der Waals surface area (Å²) in [5.41, 5.74) is 5.35. The lowest BCUT2D eigenvalue weighted by Gasteiger charge is -2.13. The van der Waals surface area contributed by atoms with Gasteiger partial charge in [0, 0.05) is 6.54 Å². The van der Waals surface area contributed by atoms with Gasteiger partial charge in [0.15, 0.2) is 5.96 Å². The topological polar surface area (TPSA) is 103 Å². The lowest BCUT2D eigenvalue weighted by Crippen LogP contribution is -2.46. The molecule has 0 heterocycles. The lowest BCUT2D eigenvalue weighted by molar-refractivity contribution is 0.568. The summed E-state index contributed by atoms with van der Waals surface area (Å²) in [6.45, 7) is 4.50. The van der Waals surface area contributed by atoms with E-state index in [2.05, 4.69) is 15.4 Å². The molecular formula is C7H20B2N4O2. The van der Waals surface area contributed by atoms with Crippen LogP contribution in [0.25, 0.3) is 0 Å². The summed E-state index contributed by atoms with van der Waals surface area (Å²) in [7, 11) is -1.50. The Morgan fingerprint density at radius 2 is 2.00 bits per heavy atom. The standard InChI is InChI=1S/C7H20B2N4O2/c1-8(14)12-7(13-9(2)15)11-6-4-3-5-10/h14-15H,3-6,10H2,1-2H3,(H2,11,12,13). The molecule has 0 saturated carbocycles. The highest BCUT2D eigenvalue weighted by Crippen LogP contribution is 1.84. The van der Waals surface area contributed by atoms with E-state index in [-0.39, 0.29) is 0 Å². The Hall–Kier alpha value is -0.720. The molecule has 0 aliphatic rings. The molecule has 0 unspecified atom stereocenters. The number of guanidine groups is 1. The van der Waals surface area contributed by atoms with Gasteiger partial charge in [0.2, 0.25) is 0 Å². The van der Waals surface area contributed by atoms with Crippen molar-refractivity contribution >= 4 is 20.1 Å². The highest BCUT2D eigenvalue weighted by atomic mass is 16.2. The number of hydrogen-bond donors (Lipinski definition) is 5. The molecule has 0 aromatic heterocycles. The van der Waals surface area contributed by atoms with Gasteiger partial charge in [-0.2, -0.15) is 0 Å². The van der Waals surface area contributed by atoms with E-state index in [1.165, 1.54) is 0 Å². The van der Waals surface area contributed by atoms with Crippen LogP contribution < -0.4 is 16.3 Å². The van der Waals surface area contributed by atoms with E-state index in [0.29, 0.717) is 19.0 Å². The second kappa shape index (κ2) is 8.58. The van der Waals surface area contributed by atoms with Crippen molar-refractivity contribution in [1.29, 1.82) is 0 Å². The van der Waals surface area contributed by atoms with Gasteiger partial charge in [-0.3, -0.25) is 4.90 Å². The Morgan fingerprint density at radius 3 is 2.47 bits per heavy atom. The molecule has 0 spiro atoms. The van der Waals surface area contributed by atoms with Crippen LogP contribution in [0, 0.1) is 0 Å². The maximum absolute atomic E-state index is 9.10. The van der Waals surface area contributed by atoms with Crippen LogP contribution in [0.1, 0.15) is 12.8 Å². The van der Waals surface area contributed by atoms with E-state index in [0.717, 1.165) is 12.8 Å². The third kappa shape index (κ3) is 9.58. The van der Waals surface area contributed by atoms with E-state index in [9.17, 15) is 0 Å². The molecule has 0 bridgehead atoms. The molecule has 0 radical (unpaired) electrons. The van der Waals surface area contributed by atoms with Crippen molar-refractivity contribution in [3.63, 3.8) is 0 Å². The molecule has 8 heteroatoms. The molecule has 0 aliphatic carbocycles. The van der Waals surface area contributed by atoms with Gasteiger partial charge in [0.05, 0.1) is 0 Å². The first-order chi connectivity index (χ1) is 7.06. The first-order valence-corrected chi connectivity index (χ1v) is 5.20. The molecule has 0 aromatic rings. The van der Waals surface area contributed by atoms with Crippen molar-refractivity contribution in [2.24, 2.45) is 10.6 Å². The van der Waals surface area contributed by atoms with Crippen LogP contribution in [-0.2, 0) is 0 Å². The normalized spacial score (nSPS) is 11.1. The van der Waals surface area contributed by atoms with Gasteiger partial charge in [-0.15, -0.1) is 0 Å². The lowest BCUT2D eigenvalue weighted by atomic mass is 9.88. The quantitative estimate of drug-likeness (QED) is 0.160. The third-order valence-corrected chi connectivity index (χ3v) is 1.58. The zero-order chi connectivity index (χ0) is 11.7. The molecule has 0 amide bonds. The van der Waals surface area contributed by atoms with Crippen molar-refractivity contribution in [1.82, 2.24) is 10.5 Å². The molecule has 6 nitrogen and oxygen atoms in total. The number of nitrogens with one attached hydrogen (secondary N) is 2. The van der Waals surface area contributed by atoms with Crippen LogP contribution in [0.3, 0.4) is 0 Å². The van der Waals surface area contributed by atoms with Crippen LogP contribution in [0.4, 0.5) is 0 Å². The first kappa shape index (κ1) is 14.3. The molecule has 86 valence electrons. The number of rotatable bonds is 6. The average molecular weight is 214 g/mol. The molecule has 0 saturated heterocycles. The smallest absolute Gasteiger partial charge is 0.431 e. The molecular weight excluding hydrogens is 194 g/mol. The molecule has 6 N–H and O–H groups in total. The van der Waals surface area contributed by atoms with Gasteiger partial charge < -0.3 is 26.3 Å². The van der Waals surface area contributed by atoms with Gasteiger partial charge >= 0.3 is 14.1 Å². The van der Waals surface area contributed by atoms with Gasteiger partial charge in [-0.25, -0.2) is 0 Å². The highest BCUT2D eigenvalue weighted by molar-refractivity contribution is 6.52.